The highest BCUT2D eigenvalue weighted by atomic mass is 32.2. The third kappa shape index (κ3) is 4.22. The van der Waals surface area contributed by atoms with Crippen molar-refractivity contribution in [3.05, 3.63) is 18.0 Å². The van der Waals surface area contributed by atoms with Gasteiger partial charge in [0.25, 0.3) is 0 Å². The first-order valence-corrected chi connectivity index (χ1v) is 6.93. The van der Waals surface area contributed by atoms with Crippen LogP contribution in [0, 0.1) is 0 Å². The molecule has 1 aromatic rings. The number of aliphatic hydroxyl groups excluding tert-OH is 1. The molecule has 0 atom stereocenters. The van der Waals surface area contributed by atoms with Crippen molar-refractivity contribution in [2.75, 3.05) is 6.54 Å². The van der Waals surface area contributed by atoms with E-state index in [1.54, 1.807) is 13.8 Å². The lowest BCUT2D eigenvalue weighted by Gasteiger charge is -2.10. The van der Waals surface area contributed by atoms with Gasteiger partial charge < -0.3 is 9.67 Å². The van der Waals surface area contributed by atoms with Gasteiger partial charge in [0.15, 0.2) is 0 Å². The topological polar surface area (TPSA) is 71.3 Å². The minimum absolute atomic E-state index is 0.117. The average Bonchev–Trinajstić information content (AvgIpc) is 2.70. The first-order chi connectivity index (χ1) is 8.57. The van der Waals surface area contributed by atoms with Gasteiger partial charge in [-0.1, -0.05) is 0 Å². The quantitative estimate of drug-likeness (QED) is 0.863. The van der Waals surface area contributed by atoms with Gasteiger partial charge >= 0.3 is 6.18 Å². The predicted molar refractivity (Wildman–Crippen MR) is 62.0 cm³/mol. The van der Waals surface area contributed by atoms with Crippen LogP contribution >= 0.6 is 0 Å². The number of sulfonamides is 1. The van der Waals surface area contributed by atoms with E-state index in [0.29, 0.717) is 5.69 Å². The molecule has 0 aromatic carbocycles. The molecule has 0 saturated carbocycles. The van der Waals surface area contributed by atoms with Gasteiger partial charge in [-0.2, -0.15) is 13.2 Å². The van der Waals surface area contributed by atoms with E-state index in [4.69, 9.17) is 5.11 Å². The van der Waals surface area contributed by atoms with E-state index in [9.17, 15) is 21.6 Å². The standard InChI is InChI=1S/C10H15F3N2O3S/c1-7(2)15-4-9(3-8(15)5-16)19(17,18)14-6-10(11,12)13/h3-4,7,14,16H,5-6H2,1-2H3. The summed E-state index contributed by atoms with van der Waals surface area (Å²) >= 11 is 0. The third-order valence-corrected chi connectivity index (χ3v) is 3.77. The van der Waals surface area contributed by atoms with Gasteiger partial charge in [-0.05, 0) is 19.9 Å². The van der Waals surface area contributed by atoms with Gasteiger partial charge in [-0.25, -0.2) is 13.1 Å². The molecule has 0 aliphatic heterocycles. The number of nitrogens with zero attached hydrogens (tertiary/aromatic N) is 1. The molecule has 0 bridgehead atoms. The maximum atomic E-state index is 12.0. The molecule has 1 rings (SSSR count). The van der Waals surface area contributed by atoms with E-state index in [-0.39, 0.29) is 10.9 Å². The Morgan fingerprint density at radius 3 is 2.37 bits per heavy atom. The molecule has 110 valence electrons. The van der Waals surface area contributed by atoms with E-state index in [1.807, 2.05) is 0 Å². The molecule has 0 aliphatic rings. The van der Waals surface area contributed by atoms with Gasteiger partial charge in [0.1, 0.15) is 6.54 Å². The lowest BCUT2D eigenvalue weighted by atomic mass is 10.3. The van der Waals surface area contributed by atoms with Crippen LogP contribution in [-0.2, 0) is 16.6 Å². The highest BCUT2D eigenvalue weighted by molar-refractivity contribution is 7.89. The molecule has 0 saturated heterocycles. The zero-order valence-electron chi connectivity index (χ0n) is 10.4. The van der Waals surface area contributed by atoms with Crippen molar-refractivity contribution >= 4 is 10.0 Å². The SMILES string of the molecule is CC(C)n1cc(S(=O)(=O)NCC(F)(F)F)cc1CO. The maximum absolute atomic E-state index is 12.0. The number of nitrogens with one attached hydrogen (secondary N) is 1. The van der Waals surface area contributed by atoms with Crippen LogP contribution in [0.25, 0.3) is 0 Å². The van der Waals surface area contributed by atoms with Crippen molar-refractivity contribution in [1.82, 2.24) is 9.29 Å². The first kappa shape index (κ1) is 16.0. The molecule has 1 aromatic heterocycles. The number of hydrogen-bond acceptors (Lipinski definition) is 3. The summed E-state index contributed by atoms with van der Waals surface area (Å²) in [5, 5.41) is 9.09. The predicted octanol–water partition coefficient (Wildman–Crippen LogP) is 1.40. The summed E-state index contributed by atoms with van der Waals surface area (Å²) in [5.41, 5.74) is 0.322. The lowest BCUT2D eigenvalue weighted by Crippen LogP contribution is -2.33. The molecule has 0 aliphatic carbocycles. The Bertz CT molecular complexity index is 535. The molecule has 19 heavy (non-hydrogen) atoms. The van der Waals surface area contributed by atoms with Gasteiger partial charge in [-0.3, -0.25) is 0 Å². The van der Waals surface area contributed by atoms with E-state index >= 15 is 0 Å². The summed E-state index contributed by atoms with van der Waals surface area (Å²) in [4.78, 5) is -0.297. The molecular formula is C10H15F3N2O3S. The summed E-state index contributed by atoms with van der Waals surface area (Å²) in [5.74, 6) is 0. The Kier molecular flexibility index (Phi) is 4.64. The van der Waals surface area contributed by atoms with E-state index in [2.05, 4.69) is 0 Å². The van der Waals surface area contributed by atoms with Crippen LogP contribution in [0.15, 0.2) is 17.2 Å². The van der Waals surface area contributed by atoms with E-state index < -0.39 is 29.4 Å². The Morgan fingerprint density at radius 1 is 1.42 bits per heavy atom. The molecular weight excluding hydrogens is 285 g/mol. The minimum atomic E-state index is -4.62. The average molecular weight is 300 g/mol. The summed E-state index contributed by atoms with van der Waals surface area (Å²) in [6, 6.07) is 1.03. The van der Waals surface area contributed by atoms with Crippen LogP contribution in [0.5, 0.6) is 0 Å². The summed E-state index contributed by atoms with van der Waals surface area (Å²) in [6.45, 7) is 1.50. The number of rotatable bonds is 5. The highest BCUT2D eigenvalue weighted by Crippen LogP contribution is 2.20. The van der Waals surface area contributed by atoms with Gasteiger partial charge in [0, 0.05) is 17.9 Å². The van der Waals surface area contributed by atoms with E-state index in [0.717, 1.165) is 6.07 Å². The largest absolute Gasteiger partial charge is 0.402 e. The van der Waals surface area contributed by atoms with Crippen molar-refractivity contribution in [2.45, 2.75) is 37.6 Å². The second-order valence-corrected chi connectivity index (χ2v) is 6.03. The summed E-state index contributed by atoms with van der Waals surface area (Å²) in [7, 11) is -4.24. The van der Waals surface area contributed by atoms with Crippen molar-refractivity contribution < 1.29 is 26.7 Å². The zero-order valence-corrected chi connectivity index (χ0v) is 11.2. The molecule has 0 spiro atoms. The highest BCUT2D eigenvalue weighted by Gasteiger charge is 2.30. The number of aromatic nitrogens is 1. The fraction of sp³-hybridized carbons (Fsp3) is 0.600. The third-order valence-electron chi connectivity index (χ3n) is 2.40. The van der Waals surface area contributed by atoms with Crippen LogP contribution in [0.3, 0.4) is 0 Å². The van der Waals surface area contributed by atoms with Crippen LogP contribution in [0.4, 0.5) is 13.2 Å². The Morgan fingerprint density at radius 2 is 2.00 bits per heavy atom. The second kappa shape index (κ2) is 5.51. The molecule has 0 amide bonds. The number of aliphatic hydroxyl groups is 1. The van der Waals surface area contributed by atoms with Crippen molar-refractivity contribution in [1.29, 1.82) is 0 Å². The lowest BCUT2D eigenvalue weighted by molar-refractivity contribution is -0.121. The molecule has 9 heteroatoms. The molecule has 0 unspecified atom stereocenters. The van der Waals surface area contributed by atoms with Crippen LogP contribution in [0.2, 0.25) is 0 Å². The molecule has 0 radical (unpaired) electrons. The fourth-order valence-electron chi connectivity index (χ4n) is 1.51. The normalized spacial score (nSPS) is 13.2. The van der Waals surface area contributed by atoms with Gasteiger partial charge in [0.2, 0.25) is 10.0 Å². The smallest absolute Gasteiger partial charge is 0.390 e. The van der Waals surface area contributed by atoms with E-state index in [1.165, 1.54) is 15.5 Å². The van der Waals surface area contributed by atoms with Gasteiger partial charge in [-0.15, -0.1) is 0 Å². The monoisotopic (exact) mass is 300 g/mol. The minimum Gasteiger partial charge on any atom is -0.390 e. The van der Waals surface area contributed by atoms with Crippen molar-refractivity contribution in [2.24, 2.45) is 0 Å². The summed E-state index contributed by atoms with van der Waals surface area (Å²) < 4.78 is 62.3. The van der Waals surface area contributed by atoms with Gasteiger partial charge in [0.05, 0.1) is 11.5 Å². The Balaban J connectivity index is 3.02. The Hall–Kier alpha value is -1.06. The maximum Gasteiger partial charge on any atom is 0.402 e. The second-order valence-electron chi connectivity index (χ2n) is 4.27. The van der Waals surface area contributed by atoms with Crippen LogP contribution in [-0.4, -0.2) is 30.8 Å². The molecule has 1 heterocycles. The van der Waals surface area contributed by atoms with Crippen molar-refractivity contribution in [3.8, 4) is 0 Å². The summed E-state index contributed by atoms with van der Waals surface area (Å²) in [6.07, 6.45) is -3.41. The number of hydrogen-bond donors (Lipinski definition) is 2. The first-order valence-electron chi connectivity index (χ1n) is 5.45. The molecule has 2 N–H and O–H groups in total. The Labute approximate surface area is 109 Å². The number of alkyl halides is 3. The zero-order chi connectivity index (χ0) is 14.8. The fourth-order valence-corrected chi connectivity index (χ4v) is 2.58. The van der Waals surface area contributed by atoms with Crippen LogP contribution < -0.4 is 4.72 Å². The van der Waals surface area contributed by atoms with Crippen molar-refractivity contribution in [3.63, 3.8) is 0 Å². The number of halogens is 3. The molecule has 5 nitrogen and oxygen atoms in total. The molecule has 0 fully saturated rings. The van der Waals surface area contributed by atoms with Crippen LogP contribution in [0.1, 0.15) is 25.6 Å².